The Bertz CT molecular complexity index is 632. The number of carbonyl (C=O) groups is 1. The molecule has 2 N–H and O–H groups in total. The quantitative estimate of drug-likeness (QED) is 0.873. The summed E-state index contributed by atoms with van der Waals surface area (Å²) in [6.07, 6.45) is 8.99. The highest BCUT2D eigenvalue weighted by atomic mass is 16.4. The fourth-order valence-electron chi connectivity index (χ4n) is 5.31. The van der Waals surface area contributed by atoms with E-state index in [1.54, 1.807) is 12.5 Å². The molecule has 4 nitrogen and oxygen atoms in total. The molecule has 1 heterocycles. The first kappa shape index (κ1) is 17.3. The van der Waals surface area contributed by atoms with Gasteiger partial charge >= 0.3 is 5.97 Å². The van der Waals surface area contributed by atoms with Crippen molar-refractivity contribution in [1.82, 2.24) is 0 Å². The average molecular weight is 332 g/mol. The summed E-state index contributed by atoms with van der Waals surface area (Å²) >= 11 is 0. The van der Waals surface area contributed by atoms with Crippen LogP contribution in [-0.2, 0) is 11.2 Å². The number of carboxylic acids is 1. The van der Waals surface area contributed by atoms with E-state index in [-0.39, 0.29) is 11.3 Å². The largest absolute Gasteiger partial charge is 0.478 e. The van der Waals surface area contributed by atoms with Gasteiger partial charge in [0.15, 0.2) is 0 Å². The Morgan fingerprint density at radius 1 is 1.42 bits per heavy atom. The number of fused-ring (bicyclic) bond motifs is 1. The van der Waals surface area contributed by atoms with Gasteiger partial charge in [-0.3, -0.25) is 0 Å². The summed E-state index contributed by atoms with van der Waals surface area (Å²) in [5.74, 6) is -0.356. The van der Waals surface area contributed by atoms with E-state index in [4.69, 9.17) is 4.42 Å². The van der Waals surface area contributed by atoms with Gasteiger partial charge < -0.3 is 14.6 Å². The first-order valence-corrected chi connectivity index (χ1v) is 8.93. The predicted octanol–water partition coefficient (Wildman–Crippen LogP) is 4.05. The molecule has 5 atom stereocenters. The zero-order valence-corrected chi connectivity index (χ0v) is 14.8. The minimum absolute atomic E-state index is 0.000208. The van der Waals surface area contributed by atoms with E-state index in [1.807, 2.05) is 19.1 Å². The second-order valence-corrected chi connectivity index (χ2v) is 8.13. The van der Waals surface area contributed by atoms with E-state index in [2.05, 4.69) is 13.8 Å². The number of aliphatic hydroxyl groups excluding tert-OH is 1. The van der Waals surface area contributed by atoms with Gasteiger partial charge in [-0.2, -0.15) is 0 Å². The highest BCUT2D eigenvalue weighted by molar-refractivity contribution is 5.88. The molecule has 1 unspecified atom stereocenters. The molecule has 0 aliphatic heterocycles. The van der Waals surface area contributed by atoms with Crippen molar-refractivity contribution in [3.8, 4) is 0 Å². The monoisotopic (exact) mass is 332 g/mol. The standard InChI is InChI=1S/C20H28O4/c1-13-11-17(21)20(3)15(18(22)23)5-4-6-16(20)19(13,2)9-7-14-8-10-24-12-14/h5,8,10,12-13,16-17,21H,4,6-7,9,11H2,1-3H3,(H,22,23)/t13-,16?,17-,19+,20-/m1/s1. The number of hydrogen-bond acceptors (Lipinski definition) is 3. The van der Waals surface area contributed by atoms with Gasteiger partial charge in [0, 0.05) is 11.0 Å². The van der Waals surface area contributed by atoms with Crippen LogP contribution < -0.4 is 0 Å². The number of carboxylic acid groups (broad SMARTS) is 1. The van der Waals surface area contributed by atoms with Gasteiger partial charge in [0.2, 0.25) is 0 Å². The van der Waals surface area contributed by atoms with Crippen molar-refractivity contribution >= 4 is 5.97 Å². The van der Waals surface area contributed by atoms with Crippen molar-refractivity contribution in [3.63, 3.8) is 0 Å². The van der Waals surface area contributed by atoms with Crippen LogP contribution in [0.15, 0.2) is 34.7 Å². The number of aryl methyl sites for hydroxylation is 1. The molecule has 0 radical (unpaired) electrons. The molecule has 24 heavy (non-hydrogen) atoms. The lowest BCUT2D eigenvalue weighted by atomic mass is 9.45. The minimum Gasteiger partial charge on any atom is -0.478 e. The van der Waals surface area contributed by atoms with E-state index in [0.29, 0.717) is 17.9 Å². The van der Waals surface area contributed by atoms with Crippen LogP contribution in [0.5, 0.6) is 0 Å². The summed E-state index contributed by atoms with van der Waals surface area (Å²) in [4.78, 5) is 11.8. The zero-order chi connectivity index (χ0) is 17.5. The normalized spacial score (nSPS) is 39.2. The molecule has 0 saturated heterocycles. The van der Waals surface area contributed by atoms with E-state index in [1.165, 1.54) is 5.56 Å². The Labute approximate surface area is 143 Å². The summed E-state index contributed by atoms with van der Waals surface area (Å²) in [6, 6.07) is 1.99. The van der Waals surface area contributed by atoms with Crippen LogP contribution >= 0.6 is 0 Å². The van der Waals surface area contributed by atoms with Gasteiger partial charge in [-0.25, -0.2) is 4.79 Å². The van der Waals surface area contributed by atoms with E-state index in [0.717, 1.165) is 25.7 Å². The predicted molar refractivity (Wildman–Crippen MR) is 91.5 cm³/mol. The second kappa shape index (κ2) is 6.07. The van der Waals surface area contributed by atoms with Crippen LogP contribution in [0, 0.1) is 22.7 Å². The summed E-state index contributed by atoms with van der Waals surface area (Å²) in [5, 5.41) is 20.5. The van der Waals surface area contributed by atoms with Gasteiger partial charge in [0.1, 0.15) is 0 Å². The van der Waals surface area contributed by atoms with Crippen molar-refractivity contribution in [2.24, 2.45) is 22.7 Å². The van der Waals surface area contributed by atoms with Crippen LogP contribution in [-0.4, -0.2) is 22.3 Å². The third kappa shape index (κ3) is 2.52. The number of allylic oxidation sites excluding steroid dienone is 1. The number of aliphatic carboxylic acids is 1. The van der Waals surface area contributed by atoms with Crippen LogP contribution in [0.4, 0.5) is 0 Å². The molecule has 0 aromatic carbocycles. The molecule has 0 amide bonds. The molecule has 4 heteroatoms. The highest BCUT2D eigenvalue weighted by Gasteiger charge is 2.59. The molecular formula is C20H28O4. The van der Waals surface area contributed by atoms with Gasteiger partial charge in [0.25, 0.3) is 0 Å². The Morgan fingerprint density at radius 2 is 2.17 bits per heavy atom. The highest BCUT2D eigenvalue weighted by Crippen LogP contribution is 2.61. The lowest BCUT2D eigenvalue weighted by Crippen LogP contribution is -2.57. The molecule has 2 aliphatic carbocycles. The van der Waals surface area contributed by atoms with E-state index in [9.17, 15) is 15.0 Å². The summed E-state index contributed by atoms with van der Waals surface area (Å²) in [7, 11) is 0. The molecule has 3 rings (SSSR count). The fourth-order valence-corrected chi connectivity index (χ4v) is 5.31. The van der Waals surface area contributed by atoms with Gasteiger partial charge in [-0.1, -0.05) is 26.8 Å². The Balaban J connectivity index is 1.94. The number of rotatable bonds is 4. The van der Waals surface area contributed by atoms with Crippen LogP contribution in [0.2, 0.25) is 0 Å². The molecule has 0 bridgehead atoms. The first-order valence-electron chi connectivity index (χ1n) is 8.93. The lowest BCUT2D eigenvalue weighted by molar-refractivity contribution is -0.148. The number of aliphatic hydroxyl groups is 1. The Hall–Kier alpha value is -1.55. The third-order valence-electron chi connectivity index (χ3n) is 7.06. The van der Waals surface area contributed by atoms with Gasteiger partial charge in [-0.05, 0) is 61.0 Å². The van der Waals surface area contributed by atoms with Crippen LogP contribution in [0.3, 0.4) is 0 Å². The molecule has 1 saturated carbocycles. The SMILES string of the molecule is C[C@@H]1C[C@@H](O)[C@]2(C)C(C(=O)O)=CCCC2[C@@]1(C)CCc1ccoc1. The van der Waals surface area contributed by atoms with Crippen molar-refractivity contribution in [3.05, 3.63) is 35.8 Å². The maximum absolute atomic E-state index is 11.8. The molecule has 2 aliphatic rings. The van der Waals surface area contributed by atoms with Crippen LogP contribution in [0.1, 0.15) is 52.0 Å². The zero-order valence-electron chi connectivity index (χ0n) is 14.8. The first-order chi connectivity index (χ1) is 11.3. The van der Waals surface area contributed by atoms with Crippen molar-refractivity contribution < 1.29 is 19.4 Å². The van der Waals surface area contributed by atoms with Crippen molar-refractivity contribution in [2.75, 3.05) is 0 Å². The lowest BCUT2D eigenvalue weighted by Gasteiger charge is -2.59. The summed E-state index contributed by atoms with van der Waals surface area (Å²) in [5.41, 5.74) is 0.927. The molecule has 1 aromatic rings. The van der Waals surface area contributed by atoms with Gasteiger partial charge in [0.05, 0.1) is 18.6 Å². The van der Waals surface area contributed by atoms with Crippen molar-refractivity contribution in [1.29, 1.82) is 0 Å². The maximum Gasteiger partial charge on any atom is 0.331 e. The van der Waals surface area contributed by atoms with Crippen molar-refractivity contribution in [2.45, 2.75) is 59.0 Å². The van der Waals surface area contributed by atoms with Gasteiger partial charge in [-0.15, -0.1) is 0 Å². The average Bonchev–Trinajstić information content (AvgIpc) is 3.04. The maximum atomic E-state index is 11.8. The number of furan rings is 1. The number of hydrogen-bond donors (Lipinski definition) is 2. The summed E-state index contributed by atoms with van der Waals surface area (Å²) in [6.45, 7) is 6.46. The Kier molecular flexibility index (Phi) is 4.37. The molecule has 1 aromatic heterocycles. The molecule has 132 valence electrons. The molecule has 1 fully saturated rings. The Morgan fingerprint density at radius 3 is 2.79 bits per heavy atom. The smallest absolute Gasteiger partial charge is 0.331 e. The summed E-state index contributed by atoms with van der Waals surface area (Å²) < 4.78 is 5.18. The third-order valence-corrected chi connectivity index (χ3v) is 7.06. The minimum atomic E-state index is -0.881. The fraction of sp³-hybridized carbons (Fsp3) is 0.650. The van der Waals surface area contributed by atoms with E-state index >= 15 is 0 Å². The van der Waals surface area contributed by atoms with Crippen LogP contribution in [0.25, 0.3) is 0 Å². The molecular weight excluding hydrogens is 304 g/mol. The second-order valence-electron chi connectivity index (χ2n) is 8.13. The molecule has 0 spiro atoms. The van der Waals surface area contributed by atoms with E-state index < -0.39 is 17.5 Å². The topological polar surface area (TPSA) is 70.7 Å².